The average Bonchev–Trinajstić information content (AvgIpc) is 2.50. The summed E-state index contributed by atoms with van der Waals surface area (Å²) >= 11 is 6.10. The minimum absolute atomic E-state index is 0.178. The van der Waals surface area contributed by atoms with Crippen LogP contribution in [0, 0.1) is 6.92 Å². The van der Waals surface area contributed by atoms with Gasteiger partial charge >= 0.3 is 0 Å². The summed E-state index contributed by atoms with van der Waals surface area (Å²) in [7, 11) is 0. The summed E-state index contributed by atoms with van der Waals surface area (Å²) in [6.07, 6.45) is 0. The Balaban J connectivity index is 2.89. The monoisotopic (exact) mass is 223 g/mol. The number of nitrogens with two attached hydrogens (primary N) is 1. The van der Waals surface area contributed by atoms with Crippen molar-refractivity contribution in [3.05, 3.63) is 28.5 Å². The number of fused-ring (bicyclic) bond motifs is 1. The van der Waals surface area contributed by atoms with Gasteiger partial charge in [-0.05, 0) is 18.6 Å². The van der Waals surface area contributed by atoms with Crippen LogP contribution in [0.1, 0.15) is 23.0 Å². The smallest absolute Gasteiger partial charge is 0.197 e. The van der Waals surface area contributed by atoms with Crippen LogP contribution in [0.3, 0.4) is 0 Å². The zero-order chi connectivity index (χ0) is 11.2. The van der Waals surface area contributed by atoms with Crippen molar-refractivity contribution >= 4 is 34.0 Å². The second-order valence-electron chi connectivity index (χ2n) is 3.47. The molecule has 78 valence electrons. The van der Waals surface area contributed by atoms with E-state index in [1.54, 1.807) is 6.07 Å². The van der Waals surface area contributed by atoms with Crippen molar-refractivity contribution in [3.8, 4) is 0 Å². The van der Waals surface area contributed by atoms with Crippen LogP contribution in [0.15, 0.2) is 16.5 Å². The highest BCUT2D eigenvalue weighted by Gasteiger charge is 2.17. The molecule has 15 heavy (non-hydrogen) atoms. The first-order chi connectivity index (χ1) is 7.02. The molecule has 0 saturated heterocycles. The lowest BCUT2D eigenvalue weighted by atomic mass is 10.1. The average molecular weight is 224 g/mol. The fraction of sp³-hybridized carbons (Fsp3) is 0.182. The van der Waals surface area contributed by atoms with Gasteiger partial charge in [0, 0.05) is 6.92 Å². The topological polar surface area (TPSA) is 56.2 Å². The van der Waals surface area contributed by atoms with Gasteiger partial charge in [-0.25, -0.2) is 0 Å². The molecular weight excluding hydrogens is 214 g/mol. The Bertz CT molecular complexity index is 557. The number of aryl methyl sites for hydroxylation is 1. The summed E-state index contributed by atoms with van der Waals surface area (Å²) in [4.78, 5) is 11.2. The predicted octanol–water partition coefficient (Wildman–Crippen LogP) is 3.18. The maximum Gasteiger partial charge on any atom is 0.197 e. The van der Waals surface area contributed by atoms with Crippen LogP contribution in [0.2, 0.25) is 5.02 Å². The molecule has 0 atom stereocenters. The number of benzene rings is 1. The fourth-order valence-electron chi connectivity index (χ4n) is 1.54. The van der Waals surface area contributed by atoms with Crippen LogP contribution < -0.4 is 5.73 Å². The summed E-state index contributed by atoms with van der Waals surface area (Å²) in [5.41, 5.74) is 7.59. The second-order valence-corrected chi connectivity index (χ2v) is 3.85. The number of Topliss-reactive ketones (excluding diaryl/α,β-unsaturated/α-hetero) is 1. The van der Waals surface area contributed by atoms with Crippen LogP contribution in [-0.4, -0.2) is 5.78 Å². The first-order valence-electron chi connectivity index (χ1n) is 4.50. The Morgan fingerprint density at radius 1 is 1.47 bits per heavy atom. The van der Waals surface area contributed by atoms with Gasteiger partial charge in [-0.1, -0.05) is 17.7 Å². The highest BCUT2D eigenvalue weighted by molar-refractivity contribution is 6.37. The molecule has 0 amide bonds. The van der Waals surface area contributed by atoms with Crippen LogP contribution in [0.25, 0.3) is 11.0 Å². The van der Waals surface area contributed by atoms with E-state index in [4.69, 9.17) is 21.8 Å². The molecule has 0 aliphatic heterocycles. The van der Waals surface area contributed by atoms with E-state index in [1.165, 1.54) is 6.92 Å². The molecule has 0 spiro atoms. The largest absolute Gasteiger partial charge is 0.451 e. The molecule has 0 radical (unpaired) electrons. The molecule has 0 unspecified atom stereocenters. The Hall–Kier alpha value is -1.48. The molecule has 4 heteroatoms. The van der Waals surface area contributed by atoms with Gasteiger partial charge in [-0.2, -0.15) is 0 Å². The molecule has 1 aromatic heterocycles. The fourth-order valence-corrected chi connectivity index (χ4v) is 1.80. The molecule has 2 N–H and O–H groups in total. The Labute approximate surface area is 91.8 Å². The van der Waals surface area contributed by atoms with Crippen LogP contribution in [0.4, 0.5) is 5.69 Å². The van der Waals surface area contributed by atoms with Gasteiger partial charge < -0.3 is 10.2 Å². The molecule has 0 bridgehead atoms. The van der Waals surface area contributed by atoms with Crippen molar-refractivity contribution in [1.82, 2.24) is 0 Å². The van der Waals surface area contributed by atoms with E-state index < -0.39 is 0 Å². The summed E-state index contributed by atoms with van der Waals surface area (Å²) in [6, 6.07) is 3.59. The minimum Gasteiger partial charge on any atom is -0.451 e. The van der Waals surface area contributed by atoms with E-state index in [0.29, 0.717) is 21.7 Å². The third-order valence-corrected chi connectivity index (χ3v) is 2.83. The zero-order valence-electron chi connectivity index (χ0n) is 8.43. The minimum atomic E-state index is -0.197. The van der Waals surface area contributed by atoms with Gasteiger partial charge in [0.15, 0.2) is 11.5 Å². The Morgan fingerprint density at radius 2 is 2.13 bits per heavy atom. The normalized spacial score (nSPS) is 10.9. The predicted molar refractivity (Wildman–Crippen MR) is 60.4 cm³/mol. The number of furan rings is 1. The molecule has 1 aromatic carbocycles. The maximum atomic E-state index is 11.2. The Kier molecular flexibility index (Phi) is 2.20. The van der Waals surface area contributed by atoms with Crippen molar-refractivity contribution in [1.29, 1.82) is 0 Å². The quantitative estimate of drug-likeness (QED) is 0.756. The number of carbonyl (C=O) groups excluding carboxylic acids is 1. The lowest BCUT2D eigenvalue weighted by Crippen LogP contribution is -1.95. The number of hydrogen-bond donors (Lipinski definition) is 1. The molecular formula is C11H10ClNO2. The molecule has 0 aliphatic rings. The van der Waals surface area contributed by atoms with Crippen molar-refractivity contribution in [2.45, 2.75) is 13.8 Å². The number of hydrogen-bond acceptors (Lipinski definition) is 3. The SMILES string of the molecule is CC(=O)c1oc2ccc(C)c(Cl)c2c1N. The summed E-state index contributed by atoms with van der Waals surface area (Å²) in [5.74, 6) is -0.0186. The van der Waals surface area contributed by atoms with Crippen molar-refractivity contribution < 1.29 is 9.21 Å². The highest BCUT2D eigenvalue weighted by Crippen LogP contribution is 2.35. The lowest BCUT2D eigenvalue weighted by Gasteiger charge is -1.98. The van der Waals surface area contributed by atoms with E-state index in [9.17, 15) is 4.79 Å². The number of ketones is 1. The first-order valence-corrected chi connectivity index (χ1v) is 4.88. The van der Waals surface area contributed by atoms with Gasteiger partial charge in [0.2, 0.25) is 0 Å². The van der Waals surface area contributed by atoms with Crippen LogP contribution in [-0.2, 0) is 0 Å². The van der Waals surface area contributed by atoms with E-state index in [2.05, 4.69) is 0 Å². The van der Waals surface area contributed by atoms with E-state index in [-0.39, 0.29) is 11.5 Å². The number of nitrogen functional groups attached to an aromatic ring is 1. The molecule has 2 rings (SSSR count). The molecule has 1 heterocycles. The van der Waals surface area contributed by atoms with Gasteiger partial charge in [0.1, 0.15) is 5.58 Å². The molecule has 0 aliphatic carbocycles. The van der Waals surface area contributed by atoms with Crippen LogP contribution in [0.5, 0.6) is 0 Å². The molecule has 0 fully saturated rings. The van der Waals surface area contributed by atoms with Gasteiger partial charge in [-0.3, -0.25) is 4.79 Å². The molecule has 2 aromatic rings. The third-order valence-electron chi connectivity index (χ3n) is 2.34. The number of halogens is 1. The summed E-state index contributed by atoms with van der Waals surface area (Å²) in [6.45, 7) is 3.29. The maximum absolute atomic E-state index is 11.2. The summed E-state index contributed by atoms with van der Waals surface area (Å²) < 4.78 is 5.34. The summed E-state index contributed by atoms with van der Waals surface area (Å²) in [5, 5.41) is 1.17. The van der Waals surface area contributed by atoms with Gasteiger partial charge in [0.05, 0.1) is 16.1 Å². The van der Waals surface area contributed by atoms with Gasteiger partial charge in [0.25, 0.3) is 0 Å². The standard InChI is InChI=1S/C11H10ClNO2/c1-5-3-4-7-8(9(5)12)10(13)11(15-7)6(2)14/h3-4H,13H2,1-2H3. The lowest BCUT2D eigenvalue weighted by molar-refractivity contribution is 0.0990. The zero-order valence-corrected chi connectivity index (χ0v) is 9.18. The van der Waals surface area contributed by atoms with Crippen molar-refractivity contribution in [2.24, 2.45) is 0 Å². The number of anilines is 1. The van der Waals surface area contributed by atoms with Crippen molar-refractivity contribution in [2.75, 3.05) is 5.73 Å². The van der Waals surface area contributed by atoms with E-state index in [1.807, 2.05) is 13.0 Å². The van der Waals surface area contributed by atoms with Gasteiger partial charge in [-0.15, -0.1) is 0 Å². The van der Waals surface area contributed by atoms with Crippen LogP contribution >= 0.6 is 11.6 Å². The molecule has 0 saturated carbocycles. The van der Waals surface area contributed by atoms with E-state index >= 15 is 0 Å². The van der Waals surface area contributed by atoms with Crippen molar-refractivity contribution in [3.63, 3.8) is 0 Å². The Morgan fingerprint density at radius 3 is 2.73 bits per heavy atom. The third kappa shape index (κ3) is 1.39. The molecule has 3 nitrogen and oxygen atoms in total. The second kappa shape index (κ2) is 3.28. The van der Waals surface area contributed by atoms with E-state index in [0.717, 1.165) is 5.56 Å². The number of carbonyl (C=O) groups is 1. The highest BCUT2D eigenvalue weighted by atomic mass is 35.5. The number of rotatable bonds is 1. The first kappa shape index (κ1) is 10.1.